The number of hydrogen-bond donors (Lipinski definition) is 0. The molecule has 0 aliphatic carbocycles. The van der Waals surface area contributed by atoms with E-state index in [1.54, 1.807) is 24.1 Å². The molecule has 27 heavy (non-hydrogen) atoms. The third kappa shape index (κ3) is 6.73. The zero-order chi connectivity index (χ0) is 20.6. The number of carbonyl (C=O) groups is 2. The molecule has 0 spiro atoms. The molecule has 0 radical (unpaired) electrons. The van der Waals surface area contributed by atoms with Crippen molar-refractivity contribution in [1.82, 2.24) is 9.88 Å². The molecule has 1 fully saturated rings. The molecule has 152 valence electrons. The van der Waals surface area contributed by atoms with Crippen LogP contribution in [-0.2, 0) is 9.47 Å². The number of amides is 1. The van der Waals surface area contributed by atoms with Gasteiger partial charge in [0.15, 0.2) is 0 Å². The van der Waals surface area contributed by atoms with Gasteiger partial charge in [0.05, 0.1) is 13.7 Å². The number of rotatable bonds is 3. The van der Waals surface area contributed by atoms with Crippen molar-refractivity contribution in [2.24, 2.45) is 0 Å². The van der Waals surface area contributed by atoms with Crippen LogP contribution in [0.2, 0.25) is 0 Å². The largest absolute Gasteiger partial charge is 0.472 e. The molecule has 1 atom stereocenters. The molecular formula is C20H32N2O5. The fourth-order valence-electron chi connectivity index (χ4n) is 2.66. The molecule has 1 saturated heterocycles. The van der Waals surface area contributed by atoms with Crippen LogP contribution in [0.5, 0.6) is 5.88 Å². The average molecular weight is 380 g/mol. The highest BCUT2D eigenvalue weighted by atomic mass is 16.6. The van der Waals surface area contributed by atoms with Crippen LogP contribution >= 0.6 is 0 Å². The van der Waals surface area contributed by atoms with E-state index in [1.807, 2.05) is 34.6 Å². The van der Waals surface area contributed by atoms with Gasteiger partial charge in [0.25, 0.3) is 0 Å². The number of piperidine rings is 1. The Kier molecular flexibility index (Phi) is 8.53. The van der Waals surface area contributed by atoms with E-state index in [4.69, 9.17) is 14.2 Å². The summed E-state index contributed by atoms with van der Waals surface area (Å²) < 4.78 is 16.2. The van der Waals surface area contributed by atoms with E-state index in [9.17, 15) is 9.59 Å². The van der Waals surface area contributed by atoms with Gasteiger partial charge >= 0.3 is 12.1 Å². The number of esters is 1. The summed E-state index contributed by atoms with van der Waals surface area (Å²) in [7, 11) is 1.32. The molecule has 0 N–H and O–H groups in total. The number of carbonyl (C=O) groups excluding carboxylic acids is 2. The summed E-state index contributed by atoms with van der Waals surface area (Å²) in [6.45, 7) is 12.3. The van der Waals surface area contributed by atoms with Gasteiger partial charge in [0.2, 0.25) is 5.88 Å². The number of pyridine rings is 1. The van der Waals surface area contributed by atoms with Crippen molar-refractivity contribution >= 4 is 12.1 Å². The predicted octanol–water partition coefficient (Wildman–Crippen LogP) is 3.98. The third-order valence-corrected chi connectivity index (χ3v) is 3.82. The first-order valence-corrected chi connectivity index (χ1v) is 9.40. The molecule has 1 aliphatic rings. The second-order valence-corrected chi connectivity index (χ2v) is 7.11. The molecule has 0 aromatic carbocycles. The van der Waals surface area contributed by atoms with Crippen molar-refractivity contribution in [2.45, 2.75) is 66.1 Å². The number of likely N-dealkylation sites (tertiary alicyclic amines) is 1. The van der Waals surface area contributed by atoms with E-state index in [0.717, 1.165) is 18.4 Å². The standard InChI is InChI=1S/C18H26N2O5.C2H6/c1-12-8-9-19-15(14(12)16(21)23-5)24-13-7-6-10-20(11-13)17(22)25-18(2,3)4;1-2/h8-9,13H,6-7,10-11H2,1-5H3;1-2H3/t13-;/m1./s1. The van der Waals surface area contributed by atoms with E-state index in [-0.39, 0.29) is 18.1 Å². The second-order valence-electron chi connectivity index (χ2n) is 7.11. The van der Waals surface area contributed by atoms with Gasteiger partial charge in [0, 0.05) is 12.7 Å². The number of aryl methyl sites for hydroxylation is 1. The molecule has 0 bridgehead atoms. The summed E-state index contributed by atoms with van der Waals surface area (Å²) in [6.07, 6.45) is 2.55. The summed E-state index contributed by atoms with van der Waals surface area (Å²) in [5, 5.41) is 0. The number of ether oxygens (including phenoxy) is 3. The summed E-state index contributed by atoms with van der Waals surface area (Å²) in [5.74, 6) is -0.247. The fraction of sp³-hybridized carbons (Fsp3) is 0.650. The van der Waals surface area contributed by atoms with Crippen molar-refractivity contribution in [3.8, 4) is 5.88 Å². The molecule has 0 saturated carbocycles. The predicted molar refractivity (Wildman–Crippen MR) is 103 cm³/mol. The molecule has 1 aromatic rings. The normalized spacial score (nSPS) is 16.7. The van der Waals surface area contributed by atoms with Crippen LogP contribution in [0.1, 0.15) is 63.4 Å². The molecule has 1 amide bonds. The van der Waals surface area contributed by atoms with Crippen molar-refractivity contribution in [1.29, 1.82) is 0 Å². The lowest BCUT2D eigenvalue weighted by Crippen LogP contribution is -2.46. The highest BCUT2D eigenvalue weighted by Gasteiger charge is 2.30. The van der Waals surface area contributed by atoms with Crippen LogP contribution in [0, 0.1) is 6.92 Å². The molecule has 2 rings (SSSR count). The highest BCUT2D eigenvalue weighted by Crippen LogP contribution is 2.24. The maximum Gasteiger partial charge on any atom is 0.410 e. The number of nitrogens with zero attached hydrogens (tertiary/aromatic N) is 2. The van der Waals surface area contributed by atoms with Crippen molar-refractivity contribution < 1.29 is 23.8 Å². The Morgan fingerprint density at radius 1 is 1.26 bits per heavy atom. The van der Waals surface area contributed by atoms with Crippen LogP contribution in [0.4, 0.5) is 4.79 Å². The van der Waals surface area contributed by atoms with Gasteiger partial charge in [-0.15, -0.1) is 0 Å². The van der Waals surface area contributed by atoms with Gasteiger partial charge in [0.1, 0.15) is 17.3 Å². The third-order valence-electron chi connectivity index (χ3n) is 3.82. The zero-order valence-corrected chi connectivity index (χ0v) is 17.5. The molecule has 7 heteroatoms. The van der Waals surface area contributed by atoms with Crippen LogP contribution in [0.15, 0.2) is 12.3 Å². The van der Waals surface area contributed by atoms with Gasteiger partial charge in [-0.05, 0) is 52.2 Å². The minimum absolute atomic E-state index is 0.239. The van der Waals surface area contributed by atoms with Crippen LogP contribution in [-0.4, -0.2) is 53.9 Å². The van der Waals surface area contributed by atoms with Gasteiger partial charge in [-0.1, -0.05) is 13.8 Å². The molecule has 0 unspecified atom stereocenters. The first-order chi connectivity index (χ1) is 12.7. The summed E-state index contributed by atoms with van der Waals surface area (Å²) >= 11 is 0. The fourth-order valence-corrected chi connectivity index (χ4v) is 2.66. The van der Waals surface area contributed by atoms with Crippen LogP contribution in [0.25, 0.3) is 0 Å². The lowest BCUT2D eigenvalue weighted by atomic mass is 10.1. The minimum Gasteiger partial charge on any atom is -0.472 e. The Morgan fingerprint density at radius 2 is 1.93 bits per heavy atom. The maximum absolute atomic E-state index is 12.2. The molecular weight excluding hydrogens is 348 g/mol. The number of hydrogen-bond acceptors (Lipinski definition) is 6. The number of aromatic nitrogens is 1. The summed E-state index contributed by atoms with van der Waals surface area (Å²) in [5.41, 5.74) is 0.511. The molecule has 1 aliphatic heterocycles. The quantitative estimate of drug-likeness (QED) is 0.738. The monoisotopic (exact) mass is 380 g/mol. The van der Waals surface area contributed by atoms with E-state index in [0.29, 0.717) is 18.7 Å². The Hall–Kier alpha value is -2.31. The van der Waals surface area contributed by atoms with Gasteiger partial charge in [-0.25, -0.2) is 14.6 Å². The lowest BCUT2D eigenvalue weighted by molar-refractivity contribution is 0.00685. The van der Waals surface area contributed by atoms with Crippen molar-refractivity contribution in [3.63, 3.8) is 0 Å². The van der Waals surface area contributed by atoms with Gasteiger partial charge in [-0.3, -0.25) is 0 Å². The van der Waals surface area contributed by atoms with E-state index >= 15 is 0 Å². The van der Waals surface area contributed by atoms with Crippen molar-refractivity contribution in [2.75, 3.05) is 20.2 Å². The molecule has 1 aromatic heterocycles. The topological polar surface area (TPSA) is 78.0 Å². The van der Waals surface area contributed by atoms with Gasteiger partial charge in [-0.2, -0.15) is 0 Å². The van der Waals surface area contributed by atoms with E-state index in [1.165, 1.54) is 7.11 Å². The Balaban J connectivity index is 0.00000176. The zero-order valence-electron chi connectivity index (χ0n) is 17.5. The Labute approximate surface area is 162 Å². The molecule has 2 heterocycles. The second kappa shape index (κ2) is 10.1. The van der Waals surface area contributed by atoms with E-state index < -0.39 is 11.6 Å². The lowest BCUT2D eigenvalue weighted by Gasteiger charge is -2.34. The van der Waals surface area contributed by atoms with Crippen LogP contribution in [0.3, 0.4) is 0 Å². The van der Waals surface area contributed by atoms with E-state index in [2.05, 4.69) is 4.98 Å². The smallest absolute Gasteiger partial charge is 0.410 e. The maximum atomic E-state index is 12.2. The SMILES string of the molecule is CC.COC(=O)c1c(C)ccnc1O[C@@H]1CCCN(C(=O)OC(C)(C)C)C1. The first kappa shape index (κ1) is 22.7. The Morgan fingerprint density at radius 3 is 2.52 bits per heavy atom. The highest BCUT2D eigenvalue weighted by molar-refractivity contribution is 5.93. The first-order valence-electron chi connectivity index (χ1n) is 9.40. The Bertz CT molecular complexity index is 640. The minimum atomic E-state index is -0.541. The molecule has 7 nitrogen and oxygen atoms in total. The average Bonchev–Trinajstić information content (AvgIpc) is 2.62. The summed E-state index contributed by atoms with van der Waals surface area (Å²) in [6, 6.07) is 1.73. The summed E-state index contributed by atoms with van der Waals surface area (Å²) in [4.78, 5) is 30.1. The van der Waals surface area contributed by atoms with Crippen LogP contribution < -0.4 is 4.74 Å². The van der Waals surface area contributed by atoms with Crippen molar-refractivity contribution in [3.05, 3.63) is 23.4 Å². The number of methoxy groups -OCH3 is 1. The van der Waals surface area contributed by atoms with Gasteiger partial charge < -0.3 is 19.1 Å².